The minimum absolute atomic E-state index is 0.0162. The third-order valence-electron chi connectivity index (χ3n) is 8.22. The van der Waals surface area contributed by atoms with Crippen LogP contribution in [-0.4, -0.2) is 49.9 Å². The maximum Gasteiger partial charge on any atom is 0.165 e. The van der Waals surface area contributed by atoms with Gasteiger partial charge in [0.2, 0.25) is 0 Å². The van der Waals surface area contributed by atoms with Crippen LogP contribution in [0.4, 0.5) is 0 Å². The summed E-state index contributed by atoms with van der Waals surface area (Å²) in [5, 5.41) is 22.7. The predicted molar refractivity (Wildman–Crippen MR) is 107 cm³/mol. The molecule has 1 aromatic carbocycles. The van der Waals surface area contributed by atoms with Crippen molar-refractivity contribution >= 4 is 22.6 Å². The normalized spacial score (nSPS) is 43.5. The van der Waals surface area contributed by atoms with E-state index in [0.717, 1.165) is 50.3 Å². The van der Waals surface area contributed by atoms with Crippen molar-refractivity contribution in [2.75, 3.05) is 13.1 Å². The number of alkyl halides is 1. The first-order valence-electron chi connectivity index (χ1n) is 10.2. The highest BCUT2D eigenvalue weighted by molar-refractivity contribution is 14.1. The minimum atomic E-state index is -0.729. The lowest BCUT2D eigenvalue weighted by Gasteiger charge is -2.64. The summed E-state index contributed by atoms with van der Waals surface area (Å²) >= 11 is 2.51. The van der Waals surface area contributed by atoms with Crippen molar-refractivity contribution in [2.45, 2.75) is 72.0 Å². The predicted octanol–water partition coefficient (Wildman–Crippen LogP) is 3.15. The molecule has 2 N–H and O–H groups in total. The van der Waals surface area contributed by atoms with Crippen molar-refractivity contribution in [3.05, 3.63) is 23.3 Å². The van der Waals surface area contributed by atoms with E-state index in [1.165, 1.54) is 24.8 Å². The Morgan fingerprint density at radius 2 is 2.08 bits per heavy atom. The zero-order valence-electron chi connectivity index (χ0n) is 15.0. The summed E-state index contributed by atoms with van der Waals surface area (Å²) in [6.45, 7) is 2.18. The van der Waals surface area contributed by atoms with E-state index in [4.69, 9.17) is 4.74 Å². The Hall–Kier alpha value is -0.530. The molecule has 3 fully saturated rings. The molecule has 26 heavy (non-hydrogen) atoms. The molecular weight excluding hydrogens is 441 g/mol. The Labute approximate surface area is 168 Å². The molecule has 140 valence electrons. The van der Waals surface area contributed by atoms with E-state index in [0.29, 0.717) is 9.67 Å². The SMILES string of the molecule is Oc1ccc2c3c1O[C@H]1[C@H](I)CC[C@@]4(O)[C@@H](C2)N(CC2CCC2)CC[C@]314. The van der Waals surface area contributed by atoms with Gasteiger partial charge in [-0.05, 0) is 62.6 Å². The number of hydrogen-bond acceptors (Lipinski definition) is 4. The van der Waals surface area contributed by atoms with Gasteiger partial charge in [0.05, 0.1) is 11.0 Å². The van der Waals surface area contributed by atoms with Gasteiger partial charge in [-0.2, -0.15) is 0 Å². The number of aliphatic hydroxyl groups is 1. The van der Waals surface area contributed by atoms with Gasteiger partial charge in [-0.25, -0.2) is 0 Å². The molecule has 2 aliphatic heterocycles. The maximum absolute atomic E-state index is 12.2. The van der Waals surface area contributed by atoms with Crippen LogP contribution < -0.4 is 4.74 Å². The molecule has 1 saturated heterocycles. The molecule has 1 spiro atoms. The summed E-state index contributed by atoms with van der Waals surface area (Å²) in [6, 6.07) is 4.06. The lowest BCUT2D eigenvalue weighted by molar-refractivity contribution is -0.185. The number of piperidine rings is 1. The van der Waals surface area contributed by atoms with E-state index < -0.39 is 5.60 Å². The summed E-state index contributed by atoms with van der Waals surface area (Å²) in [7, 11) is 0. The minimum Gasteiger partial charge on any atom is -0.504 e. The van der Waals surface area contributed by atoms with Gasteiger partial charge in [-0.3, -0.25) is 4.90 Å². The third kappa shape index (κ3) is 1.79. The Morgan fingerprint density at radius 3 is 2.85 bits per heavy atom. The average molecular weight is 467 g/mol. The standard InChI is InChI=1S/C21H26INO3/c22-14-6-7-21(25)16-10-13-4-5-15(24)18-17(13)20(21,19(14)26-18)8-9-23(16)11-12-2-1-3-12/h4-5,12,14,16,19,24-25H,1-3,6-11H2/t14-,16-,19+,20+,21-/m1/s1. The van der Waals surface area contributed by atoms with Crippen LogP contribution in [0.3, 0.4) is 0 Å². The number of rotatable bonds is 2. The summed E-state index contributed by atoms with van der Waals surface area (Å²) in [6.07, 6.45) is 7.72. The number of ether oxygens (including phenoxy) is 1. The highest BCUT2D eigenvalue weighted by atomic mass is 127. The molecule has 5 atom stereocenters. The van der Waals surface area contributed by atoms with Gasteiger partial charge >= 0.3 is 0 Å². The number of halogens is 1. The summed E-state index contributed by atoms with van der Waals surface area (Å²) in [5.41, 5.74) is 1.37. The molecule has 0 unspecified atom stereocenters. The van der Waals surface area contributed by atoms with Crippen molar-refractivity contribution in [1.29, 1.82) is 0 Å². The number of benzene rings is 1. The number of aromatic hydroxyl groups is 1. The zero-order chi connectivity index (χ0) is 17.7. The highest BCUT2D eigenvalue weighted by Crippen LogP contribution is 2.66. The molecule has 4 nitrogen and oxygen atoms in total. The summed E-state index contributed by atoms with van der Waals surface area (Å²) < 4.78 is 6.78. The highest BCUT2D eigenvalue weighted by Gasteiger charge is 2.72. The second-order valence-electron chi connectivity index (χ2n) is 9.20. The van der Waals surface area contributed by atoms with Gasteiger partial charge in [0.15, 0.2) is 11.5 Å². The quantitative estimate of drug-likeness (QED) is 0.519. The molecule has 0 aromatic heterocycles. The fraction of sp³-hybridized carbons (Fsp3) is 0.714. The molecule has 2 bridgehead atoms. The van der Waals surface area contributed by atoms with E-state index in [1.807, 2.05) is 0 Å². The first-order valence-corrected chi connectivity index (χ1v) is 11.4. The van der Waals surface area contributed by atoms with E-state index in [2.05, 4.69) is 33.6 Å². The van der Waals surface area contributed by atoms with Gasteiger partial charge in [-0.1, -0.05) is 35.1 Å². The van der Waals surface area contributed by atoms with Gasteiger partial charge in [0.1, 0.15) is 6.10 Å². The lowest BCUT2D eigenvalue weighted by atomic mass is 9.49. The van der Waals surface area contributed by atoms with E-state index in [1.54, 1.807) is 6.07 Å². The molecule has 5 aliphatic rings. The smallest absolute Gasteiger partial charge is 0.165 e. The van der Waals surface area contributed by atoms with Crippen molar-refractivity contribution < 1.29 is 14.9 Å². The Kier molecular flexibility index (Phi) is 3.34. The first-order chi connectivity index (χ1) is 12.5. The van der Waals surface area contributed by atoms with Crippen molar-refractivity contribution in [1.82, 2.24) is 4.90 Å². The average Bonchev–Trinajstić information content (AvgIpc) is 2.93. The van der Waals surface area contributed by atoms with Crippen LogP contribution >= 0.6 is 22.6 Å². The van der Waals surface area contributed by atoms with E-state index >= 15 is 0 Å². The molecule has 2 heterocycles. The first kappa shape index (κ1) is 16.4. The number of hydrogen-bond donors (Lipinski definition) is 2. The Bertz CT molecular complexity index is 781. The largest absolute Gasteiger partial charge is 0.504 e. The van der Waals surface area contributed by atoms with Gasteiger partial charge in [0, 0.05) is 22.1 Å². The van der Waals surface area contributed by atoms with Crippen LogP contribution in [0.1, 0.15) is 49.7 Å². The zero-order valence-corrected chi connectivity index (χ0v) is 17.1. The molecule has 2 saturated carbocycles. The molecule has 3 aliphatic carbocycles. The monoisotopic (exact) mass is 467 g/mol. The molecule has 0 amide bonds. The molecule has 0 radical (unpaired) electrons. The molecule has 1 aromatic rings. The Balaban J connectivity index is 1.52. The fourth-order valence-corrected chi connectivity index (χ4v) is 7.87. The Morgan fingerprint density at radius 1 is 1.23 bits per heavy atom. The molecule has 6 rings (SSSR count). The van der Waals surface area contributed by atoms with Gasteiger partial charge in [0.25, 0.3) is 0 Å². The van der Waals surface area contributed by atoms with Crippen molar-refractivity contribution in [3.63, 3.8) is 0 Å². The van der Waals surface area contributed by atoms with Crippen molar-refractivity contribution in [3.8, 4) is 11.5 Å². The van der Waals surface area contributed by atoms with Gasteiger partial charge in [-0.15, -0.1) is 0 Å². The van der Waals surface area contributed by atoms with Crippen LogP contribution in [0.15, 0.2) is 12.1 Å². The molecular formula is C21H26INO3. The number of phenolic OH excluding ortho intramolecular Hbond substituents is 1. The second kappa shape index (κ2) is 5.29. The van der Waals surface area contributed by atoms with Crippen LogP contribution in [0.5, 0.6) is 11.5 Å². The van der Waals surface area contributed by atoms with Crippen LogP contribution in [0.25, 0.3) is 0 Å². The van der Waals surface area contributed by atoms with Crippen LogP contribution in [0.2, 0.25) is 0 Å². The molecule has 5 heteroatoms. The van der Waals surface area contributed by atoms with Crippen LogP contribution in [-0.2, 0) is 11.8 Å². The number of phenols is 1. The topological polar surface area (TPSA) is 52.9 Å². The second-order valence-corrected chi connectivity index (χ2v) is 10.8. The maximum atomic E-state index is 12.2. The van der Waals surface area contributed by atoms with E-state index in [-0.39, 0.29) is 23.3 Å². The van der Waals surface area contributed by atoms with Crippen molar-refractivity contribution in [2.24, 2.45) is 5.92 Å². The fourth-order valence-electron chi connectivity index (χ4n) is 6.80. The number of nitrogens with zero attached hydrogens (tertiary/aromatic N) is 1. The third-order valence-corrected chi connectivity index (χ3v) is 9.49. The number of likely N-dealkylation sites (tertiary alicyclic amines) is 1. The van der Waals surface area contributed by atoms with Crippen LogP contribution in [0, 0.1) is 5.92 Å². The summed E-state index contributed by atoms with van der Waals surface area (Å²) in [4.78, 5) is 2.60. The van der Waals surface area contributed by atoms with Gasteiger partial charge < -0.3 is 14.9 Å². The summed E-state index contributed by atoms with van der Waals surface area (Å²) in [5.74, 6) is 1.73. The lowest BCUT2D eigenvalue weighted by Crippen LogP contribution is -2.76. The van der Waals surface area contributed by atoms with E-state index in [9.17, 15) is 10.2 Å².